The maximum absolute atomic E-state index is 13.4. The number of amides is 1. The number of carbonyl (C=O) groups is 1. The predicted molar refractivity (Wildman–Crippen MR) is 122 cm³/mol. The molecule has 1 amide bonds. The maximum Gasteiger partial charge on any atom is 0.266 e. The molecule has 0 aliphatic carbocycles. The van der Waals surface area contributed by atoms with Gasteiger partial charge in [0.2, 0.25) is 5.91 Å². The summed E-state index contributed by atoms with van der Waals surface area (Å²) in [5, 5.41) is 0.826. The van der Waals surface area contributed by atoms with E-state index >= 15 is 0 Å². The number of hydrogen-bond acceptors (Lipinski definition) is 4. The standard InChI is InChI=1S/C24H27N3O2S/c1-17-11-5-8-14-21(17)27-23(29)19-12-6-7-13-20(19)25-24(27)30-18(2)22(28)26-15-9-3-4-10-16-26/h5-8,11-14,18H,3-4,9-10,15-16H2,1-2H3. The Hall–Kier alpha value is -2.60. The number of aryl methyl sites for hydroxylation is 1. The lowest BCUT2D eigenvalue weighted by atomic mass is 10.2. The number of para-hydroxylation sites is 2. The smallest absolute Gasteiger partial charge is 0.266 e. The van der Waals surface area contributed by atoms with Crippen LogP contribution in [-0.4, -0.2) is 38.7 Å². The van der Waals surface area contributed by atoms with Crippen LogP contribution in [0, 0.1) is 6.92 Å². The molecular formula is C24H27N3O2S. The number of benzene rings is 2. The van der Waals surface area contributed by atoms with Crippen molar-refractivity contribution in [3.63, 3.8) is 0 Å². The number of carbonyl (C=O) groups excluding carboxylic acids is 1. The number of rotatable bonds is 4. The van der Waals surface area contributed by atoms with Gasteiger partial charge in [-0.25, -0.2) is 4.98 Å². The summed E-state index contributed by atoms with van der Waals surface area (Å²) < 4.78 is 1.66. The molecule has 1 aliphatic heterocycles. The Morgan fingerprint density at radius 2 is 1.67 bits per heavy atom. The Morgan fingerprint density at radius 1 is 1.00 bits per heavy atom. The summed E-state index contributed by atoms with van der Waals surface area (Å²) in [5.74, 6) is 0.126. The summed E-state index contributed by atoms with van der Waals surface area (Å²) in [4.78, 5) is 33.3. The zero-order valence-electron chi connectivity index (χ0n) is 17.5. The van der Waals surface area contributed by atoms with E-state index in [4.69, 9.17) is 4.98 Å². The van der Waals surface area contributed by atoms with E-state index in [1.54, 1.807) is 10.6 Å². The zero-order valence-corrected chi connectivity index (χ0v) is 18.3. The molecule has 2 aromatic carbocycles. The molecule has 4 rings (SSSR count). The molecule has 0 radical (unpaired) electrons. The molecule has 2 heterocycles. The zero-order chi connectivity index (χ0) is 21.1. The van der Waals surface area contributed by atoms with Crippen LogP contribution in [0.15, 0.2) is 58.5 Å². The quantitative estimate of drug-likeness (QED) is 0.457. The molecule has 1 aliphatic rings. The second-order valence-electron chi connectivity index (χ2n) is 7.84. The van der Waals surface area contributed by atoms with Crippen molar-refractivity contribution in [2.24, 2.45) is 0 Å². The molecule has 1 unspecified atom stereocenters. The van der Waals surface area contributed by atoms with Crippen LogP contribution >= 0.6 is 11.8 Å². The fourth-order valence-electron chi connectivity index (χ4n) is 3.97. The molecule has 0 bridgehead atoms. The summed E-state index contributed by atoms with van der Waals surface area (Å²) >= 11 is 1.37. The van der Waals surface area contributed by atoms with Gasteiger partial charge in [0.25, 0.3) is 5.56 Å². The lowest BCUT2D eigenvalue weighted by Gasteiger charge is -2.24. The molecule has 1 fully saturated rings. The van der Waals surface area contributed by atoms with E-state index in [1.807, 2.05) is 61.2 Å². The molecule has 0 N–H and O–H groups in total. The van der Waals surface area contributed by atoms with Crippen LogP contribution < -0.4 is 5.56 Å². The van der Waals surface area contributed by atoms with Gasteiger partial charge in [-0.1, -0.05) is 54.9 Å². The molecule has 0 spiro atoms. The van der Waals surface area contributed by atoms with Crippen LogP contribution in [0.25, 0.3) is 16.6 Å². The van der Waals surface area contributed by atoms with Crippen molar-refractivity contribution in [2.75, 3.05) is 13.1 Å². The third kappa shape index (κ3) is 4.15. The third-order valence-electron chi connectivity index (χ3n) is 5.65. The normalized spacial score (nSPS) is 15.7. The molecule has 1 saturated heterocycles. The Balaban J connectivity index is 1.76. The number of nitrogens with zero attached hydrogens (tertiary/aromatic N) is 3. The van der Waals surface area contributed by atoms with Gasteiger partial charge in [0, 0.05) is 13.1 Å². The van der Waals surface area contributed by atoms with E-state index in [2.05, 4.69) is 0 Å². The molecule has 3 aromatic rings. The van der Waals surface area contributed by atoms with Crippen molar-refractivity contribution in [2.45, 2.75) is 49.9 Å². The fourth-order valence-corrected chi connectivity index (χ4v) is 4.98. The van der Waals surface area contributed by atoms with Crippen LogP contribution in [0.4, 0.5) is 0 Å². The van der Waals surface area contributed by atoms with Gasteiger partial charge in [0.05, 0.1) is 21.8 Å². The average molecular weight is 422 g/mol. The van der Waals surface area contributed by atoms with Crippen molar-refractivity contribution >= 4 is 28.6 Å². The SMILES string of the molecule is Cc1ccccc1-n1c(SC(C)C(=O)N2CCCCCC2)nc2ccccc2c1=O. The summed E-state index contributed by atoms with van der Waals surface area (Å²) in [6.07, 6.45) is 4.49. The van der Waals surface area contributed by atoms with E-state index < -0.39 is 0 Å². The Labute approximate surface area is 181 Å². The number of fused-ring (bicyclic) bond motifs is 1. The van der Waals surface area contributed by atoms with E-state index in [9.17, 15) is 9.59 Å². The minimum atomic E-state index is -0.313. The van der Waals surface area contributed by atoms with Gasteiger partial charge in [0.1, 0.15) is 0 Å². The summed E-state index contributed by atoms with van der Waals surface area (Å²) in [6.45, 7) is 5.54. The van der Waals surface area contributed by atoms with Gasteiger partial charge < -0.3 is 4.90 Å². The number of thioether (sulfide) groups is 1. The van der Waals surface area contributed by atoms with Crippen molar-refractivity contribution < 1.29 is 4.79 Å². The van der Waals surface area contributed by atoms with Crippen LogP contribution in [0.1, 0.15) is 38.2 Å². The third-order valence-corrected chi connectivity index (χ3v) is 6.69. The molecule has 0 saturated carbocycles. The average Bonchev–Trinajstić information content (AvgIpc) is 3.04. The highest BCUT2D eigenvalue weighted by atomic mass is 32.2. The van der Waals surface area contributed by atoms with E-state index in [0.717, 1.165) is 37.2 Å². The second kappa shape index (κ2) is 9.04. The highest BCUT2D eigenvalue weighted by molar-refractivity contribution is 8.00. The first-order valence-electron chi connectivity index (χ1n) is 10.6. The lowest BCUT2D eigenvalue weighted by Crippen LogP contribution is -2.37. The topological polar surface area (TPSA) is 55.2 Å². The first-order chi connectivity index (χ1) is 14.6. The number of likely N-dealkylation sites (tertiary alicyclic amines) is 1. The van der Waals surface area contributed by atoms with E-state index in [1.165, 1.54) is 24.6 Å². The van der Waals surface area contributed by atoms with E-state index in [0.29, 0.717) is 16.1 Å². The van der Waals surface area contributed by atoms with Crippen molar-refractivity contribution in [1.82, 2.24) is 14.5 Å². The largest absolute Gasteiger partial charge is 0.342 e. The monoisotopic (exact) mass is 421 g/mol. The van der Waals surface area contributed by atoms with Gasteiger partial charge in [0.15, 0.2) is 5.16 Å². The van der Waals surface area contributed by atoms with Crippen LogP contribution in [-0.2, 0) is 4.79 Å². The van der Waals surface area contributed by atoms with Gasteiger partial charge in [-0.15, -0.1) is 0 Å². The molecular weight excluding hydrogens is 394 g/mol. The first kappa shape index (κ1) is 20.7. The Morgan fingerprint density at radius 3 is 2.40 bits per heavy atom. The summed E-state index contributed by atoms with van der Waals surface area (Å²) in [7, 11) is 0. The predicted octanol–water partition coefficient (Wildman–Crippen LogP) is 4.58. The number of aromatic nitrogens is 2. The second-order valence-corrected chi connectivity index (χ2v) is 9.15. The summed E-state index contributed by atoms with van der Waals surface area (Å²) in [5.41, 5.74) is 2.35. The molecule has 30 heavy (non-hydrogen) atoms. The summed E-state index contributed by atoms with van der Waals surface area (Å²) in [6, 6.07) is 15.2. The molecule has 6 heteroatoms. The molecule has 1 aromatic heterocycles. The minimum absolute atomic E-state index is 0.105. The van der Waals surface area contributed by atoms with Crippen LogP contribution in [0.2, 0.25) is 0 Å². The molecule has 5 nitrogen and oxygen atoms in total. The van der Waals surface area contributed by atoms with Crippen LogP contribution in [0.3, 0.4) is 0 Å². The van der Waals surface area contributed by atoms with Crippen molar-refractivity contribution in [1.29, 1.82) is 0 Å². The highest BCUT2D eigenvalue weighted by Crippen LogP contribution is 2.27. The van der Waals surface area contributed by atoms with Gasteiger partial charge >= 0.3 is 0 Å². The van der Waals surface area contributed by atoms with E-state index in [-0.39, 0.29) is 16.7 Å². The Bertz CT molecular complexity index is 1120. The van der Waals surface area contributed by atoms with Crippen LogP contribution in [0.5, 0.6) is 0 Å². The fraction of sp³-hybridized carbons (Fsp3) is 0.375. The number of hydrogen-bond donors (Lipinski definition) is 0. The minimum Gasteiger partial charge on any atom is -0.342 e. The lowest BCUT2D eigenvalue weighted by molar-refractivity contribution is -0.130. The van der Waals surface area contributed by atoms with Gasteiger partial charge in [-0.3, -0.25) is 14.2 Å². The van der Waals surface area contributed by atoms with Crippen molar-refractivity contribution in [3.05, 3.63) is 64.4 Å². The van der Waals surface area contributed by atoms with Gasteiger partial charge in [-0.05, 0) is 50.5 Å². The highest BCUT2D eigenvalue weighted by Gasteiger charge is 2.25. The first-order valence-corrected chi connectivity index (χ1v) is 11.5. The van der Waals surface area contributed by atoms with Gasteiger partial charge in [-0.2, -0.15) is 0 Å². The molecule has 156 valence electrons. The molecule has 1 atom stereocenters. The Kier molecular flexibility index (Phi) is 6.23. The maximum atomic E-state index is 13.4. The van der Waals surface area contributed by atoms with Crippen molar-refractivity contribution in [3.8, 4) is 5.69 Å².